The summed E-state index contributed by atoms with van der Waals surface area (Å²) >= 11 is 0. The Morgan fingerprint density at radius 3 is 0.534 bits per heavy atom. The number of unbranched alkanes of at least 4 members (excludes halogenated alkanes) is 24. The summed E-state index contributed by atoms with van der Waals surface area (Å²) in [6, 6.07) is 74.2. The Bertz CT molecular complexity index is 4190. The molecule has 8 rings (SSSR count). The average Bonchev–Trinajstić information content (AvgIpc) is 0.722. The molecule has 844 valence electrons. The first-order valence-electron chi connectivity index (χ1n) is 65.5. The number of nitrogen functional groups attached to an aromatic ring is 2. The van der Waals surface area contributed by atoms with Crippen molar-refractivity contribution < 1.29 is 0 Å². The third-order valence-electron chi connectivity index (χ3n) is 38.6. The molecule has 6 aromatic rings. The molecule has 0 heterocycles. The van der Waals surface area contributed by atoms with Gasteiger partial charge < -0.3 is 11.5 Å². The van der Waals surface area contributed by atoms with Gasteiger partial charge in [0.25, 0.3) is 0 Å². The molecule has 0 fully saturated rings. The van der Waals surface area contributed by atoms with Crippen LogP contribution in [0.4, 0.5) is 11.4 Å². The molecule has 0 aromatic heterocycles. The summed E-state index contributed by atoms with van der Waals surface area (Å²) in [6.07, 6.45) is 72.6. The van der Waals surface area contributed by atoms with E-state index >= 15 is 0 Å². The molecule has 0 aliphatic heterocycles. The highest BCUT2D eigenvalue weighted by Gasteiger charge is 2.48. The lowest BCUT2D eigenvalue weighted by Gasteiger charge is -2.41. The van der Waals surface area contributed by atoms with Crippen molar-refractivity contribution in [1.82, 2.24) is 0 Å². The van der Waals surface area contributed by atoms with E-state index in [0.717, 1.165) is 24.2 Å². The minimum Gasteiger partial charge on any atom is -0.398 e. The van der Waals surface area contributed by atoms with E-state index in [0.29, 0.717) is 11.8 Å². The summed E-state index contributed by atoms with van der Waals surface area (Å²) in [6.45, 7) is 58.8. The largest absolute Gasteiger partial charge is 0.398 e. The van der Waals surface area contributed by atoms with Crippen molar-refractivity contribution >= 4 is 173 Å². The smallest absolute Gasteiger partial charge is 0.0876 e. The monoisotopic (exact) mass is 2290 g/mol. The van der Waals surface area contributed by atoms with E-state index in [1.807, 2.05) is 20.8 Å². The molecule has 12 heteroatoms. The fourth-order valence-electron chi connectivity index (χ4n) is 29.3. The van der Waals surface area contributed by atoms with Crippen molar-refractivity contribution in [3.63, 3.8) is 0 Å². The molecular weight excluding hydrogens is 2050 g/mol. The Balaban J connectivity index is 0.000000513. The van der Waals surface area contributed by atoms with Gasteiger partial charge in [-0.25, -0.2) is 0 Å². The molecule has 2 nitrogen and oxygen atoms in total. The quantitative estimate of drug-likeness (QED) is 0.0295. The van der Waals surface area contributed by atoms with Crippen LogP contribution in [0.15, 0.2) is 97.1 Å². The van der Waals surface area contributed by atoms with Crippen LogP contribution in [0.3, 0.4) is 0 Å². The SMILES string of the molecule is Br.Br.CCCC[Si](CCCC)(CCCC)C1=CC[C@@H](c2c(N)cc([Si](CCCC)(CCCC)CCCC)c3cc([Si](CCCC)(CCCC)CCCC)ccc23)c2ccc([Si](CCCC)(CCCC)CCCC)cc21.CCCC[Si](CCCC)(CCCC)C1=CC[C@@H](c2c(N)cc([Si](CCCC)(CCCC)CCCC)c3cc([Si](CCCC)(CCCC)CCCC)ccc23)c2ccc([Si](CCCC)(CCCC)CCCC)cc21. The maximum atomic E-state index is 7.99. The summed E-state index contributed by atoms with van der Waals surface area (Å²) < 4.78 is 0. The zero-order valence-electron chi connectivity index (χ0n) is 103. The van der Waals surface area contributed by atoms with Gasteiger partial charge in [0.2, 0.25) is 0 Å². The number of hydrogen-bond donors (Lipinski definition) is 2. The highest BCUT2D eigenvalue weighted by Crippen LogP contribution is 2.54. The van der Waals surface area contributed by atoms with Crippen LogP contribution in [0, 0.1) is 0 Å². The molecule has 0 amide bonds. The van der Waals surface area contributed by atoms with Gasteiger partial charge in [-0.1, -0.05) is 736 Å². The number of benzene rings is 6. The summed E-state index contributed by atoms with van der Waals surface area (Å²) in [5.74, 6) is 0.590. The second kappa shape index (κ2) is 73.4. The predicted molar refractivity (Wildman–Crippen MR) is 716 cm³/mol. The topological polar surface area (TPSA) is 52.0 Å². The normalized spacial score (nSPS) is 14.4. The molecule has 2 aliphatic carbocycles. The lowest BCUT2D eigenvalue weighted by atomic mass is 9.79. The third-order valence-corrected chi connectivity index (χ3v) is 82.6. The third kappa shape index (κ3) is 36.3. The first-order chi connectivity index (χ1) is 71.1. The van der Waals surface area contributed by atoms with Crippen molar-refractivity contribution in [2.45, 2.75) is 644 Å². The first-order valence-corrected chi connectivity index (χ1v) is 86.5. The molecule has 2 atom stereocenters. The predicted octanol–water partition coefficient (Wildman–Crippen LogP) is 45.0. The summed E-state index contributed by atoms with van der Waals surface area (Å²) in [4.78, 5) is 0. The van der Waals surface area contributed by atoms with E-state index < -0.39 is 64.6 Å². The Morgan fingerprint density at radius 1 is 0.189 bits per heavy atom. The number of allylic oxidation sites excluding steroid dienone is 2. The number of fused-ring (bicyclic) bond motifs is 4. The Kier molecular flexibility index (Phi) is 67.5. The van der Waals surface area contributed by atoms with Crippen LogP contribution in [-0.4, -0.2) is 64.6 Å². The number of rotatable bonds is 82. The molecule has 0 radical (unpaired) electrons. The molecule has 0 saturated heterocycles. The maximum absolute atomic E-state index is 7.99. The molecule has 4 N–H and O–H groups in total. The number of hydrogen-bond acceptors (Lipinski definition) is 2. The average molecular weight is 2290 g/mol. The fourth-order valence-corrected chi connectivity index (χ4v) is 75.4. The highest BCUT2D eigenvalue weighted by molar-refractivity contribution is 8.93. The van der Waals surface area contributed by atoms with Crippen LogP contribution in [-0.2, 0) is 0 Å². The summed E-state index contributed by atoms with van der Waals surface area (Å²) in [7, 11) is -14.6. The van der Waals surface area contributed by atoms with Gasteiger partial charge in [-0.3, -0.25) is 0 Å². The van der Waals surface area contributed by atoms with Crippen LogP contribution >= 0.6 is 34.0 Å². The van der Waals surface area contributed by atoms with Gasteiger partial charge in [-0.05, 0) is 90.3 Å². The molecule has 148 heavy (non-hydrogen) atoms. The zero-order valence-corrected chi connectivity index (χ0v) is 114. The van der Waals surface area contributed by atoms with Gasteiger partial charge in [-0.2, -0.15) is 0 Å². The van der Waals surface area contributed by atoms with Crippen molar-refractivity contribution in [2.75, 3.05) is 11.5 Å². The molecular formula is C136H244Br2N2Si8. The van der Waals surface area contributed by atoms with E-state index in [2.05, 4.69) is 263 Å². The molecule has 0 spiro atoms. The van der Waals surface area contributed by atoms with E-state index in [-0.39, 0.29) is 34.0 Å². The lowest BCUT2D eigenvalue weighted by Crippen LogP contribution is -2.50. The Hall–Kier alpha value is -2.38. The van der Waals surface area contributed by atoms with Crippen molar-refractivity contribution in [3.05, 3.63) is 130 Å². The minimum absolute atomic E-state index is 0. The van der Waals surface area contributed by atoms with E-state index in [4.69, 9.17) is 11.5 Å². The second-order valence-corrected chi connectivity index (χ2v) is 86.5. The van der Waals surface area contributed by atoms with Gasteiger partial charge in [0, 0.05) is 23.2 Å². The van der Waals surface area contributed by atoms with Crippen LogP contribution in [0.2, 0.25) is 145 Å². The standard InChI is InChI=1S/2C68H121NSi4.2BrH/c2*1-13-25-43-70(44-26-14-2,45-27-15-3)58-37-39-60-61(41-42-66(63(60)55-58)72(49-31-19-7,50-32-20-8)51-33-21-9)68-62-40-38-59(71(46-28-16-4,47-29-17-5)48-30-18-6)56-64(62)67(57-65(68)69)73(52-34-22-10,53-35-23-11)54-36-24-12;;/h2*37-40,42,55-57,61H,13-36,41,43-54,69H2,1-12H3;2*1H/t2*61-;;/m11../s1. The first kappa shape index (κ1) is 136. The number of halogens is 2. The molecule has 0 bridgehead atoms. The zero-order chi connectivity index (χ0) is 106. The molecule has 2 aliphatic rings. The highest BCUT2D eigenvalue weighted by atomic mass is 79.9. The van der Waals surface area contributed by atoms with Gasteiger partial charge in [0.1, 0.15) is 0 Å². The van der Waals surface area contributed by atoms with Crippen molar-refractivity contribution in [3.8, 4) is 0 Å². The van der Waals surface area contributed by atoms with Crippen LogP contribution in [0.25, 0.3) is 31.9 Å². The van der Waals surface area contributed by atoms with Crippen molar-refractivity contribution in [1.29, 1.82) is 0 Å². The number of anilines is 2. The maximum Gasteiger partial charge on any atom is 0.0876 e. The van der Waals surface area contributed by atoms with Crippen molar-refractivity contribution in [2.24, 2.45) is 0 Å². The summed E-state index contributed by atoms with van der Waals surface area (Å²) in [5.41, 5.74) is 28.0. The second-order valence-electron chi connectivity index (χ2n) is 49.5. The van der Waals surface area contributed by atoms with Gasteiger partial charge in [-0.15, -0.1) is 34.0 Å². The van der Waals surface area contributed by atoms with E-state index in [9.17, 15) is 0 Å². The van der Waals surface area contributed by atoms with E-state index in [1.165, 1.54) is 464 Å². The molecule has 6 aromatic carbocycles. The fraction of sp³-hybridized carbons (Fsp3) is 0.735. The van der Waals surface area contributed by atoms with Gasteiger partial charge >= 0.3 is 0 Å². The number of nitrogens with two attached hydrogens (primary N) is 2. The van der Waals surface area contributed by atoms with Gasteiger partial charge in [0.15, 0.2) is 0 Å². The van der Waals surface area contributed by atoms with Gasteiger partial charge in [0.05, 0.1) is 64.6 Å². The van der Waals surface area contributed by atoms with Crippen LogP contribution in [0.1, 0.15) is 532 Å². The van der Waals surface area contributed by atoms with Crippen LogP contribution < -0.4 is 42.6 Å². The van der Waals surface area contributed by atoms with E-state index in [1.54, 1.807) is 64.5 Å². The minimum atomic E-state index is -1.94. The molecule has 0 saturated carbocycles. The Morgan fingerprint density at radius 2 is 0.351 bits per heavy atom. The Labute approximate surface area is 950 Å². The lowest BCUT2D eigenvalue weighted by molar-refractivity contribution is 0.793. The molecule has 0 unspecified atom stereocenters. The summed E-state index contributed by atoms with van der Waals surface area (Å²) in [5, 5.41) is 21.0. The van der Waals surface area contributed by atoms with Crippen LogP contribution in [0.5, 0.6) is 0 Å².